The Kier molecular flexibility index (Phi) is 13.7. The van der Waals surface area contributed by atoms with Gasteiger partial charge in [0, 0.05) is 101 Å². The Labute approximate surface area is 370 Å². The van der Waals surface area contributed by atoms with Crippen LogP contribution in [0.15, 0.2) is 84.9 Å². The molecule has 2 aliphatic heterocycles. The Morgan fingerprint density at radius 3 is 2.33 bits per heavy atom. The van der Waals surface area contributed by atoms with E-state index in [1.807, 2.05) is 90.8 Å². The number of morpholine rings is 1. The molecule has 0 saturated carbocycles. The van der Waals surface area contributed by atoms with Crippen LogP contribution in [-0.2, 0) is 41.6 Å². The first-order valence-corrected chi connectivity index (χ1v) is 23.4. The van der Waals surface area contributed by atoms with Crippen LogP contribution in [0.4, 0.5) is 5.69 Å². The number of hydrogen-bond donors (Lipinski definition) is 1. The van der Waals surface area contributed by atoms with Crippen LogP contribution in [0.2, 0.25) is 0 Å². The lowest BCUT2D eigenvalue weighted by Crippen LogP contribution is -2.52. The van der Waals surface area contributed by atoms with Crippen molar-refractivity contribution >= 4 is 43.5 Å². The summed E-state index contributed by atoms with van der Waals surface area (Å²) in [6.07, 6.45) is 1.93. The van der Waals surface area contributed by atoms with Crippen LogP contribution >= 0.6 is 0 Å². The predicted molar refractivity (Wildman–Crippen MR) is 247 cm³/mol. The third-order valence-corrected chi connectivity index (χ3v) is 14.4. The summed E-state index contributed by atoms with van der Waals surface area (Å²) in [4.78, 5) is 17.9. The molecule has 8 rings (SSSR count). The number of hydrogen-bond acceptors (Lipinski definition) is 9. The molecule has 6 aromatic rings. The van der Waals surface area contributed by atoms with Crippen LogP contribution < -0.4 is 14.4 Å². The lowest BCUT2D eigenvalue weighted by Gasteiger charge is -2.37. The standard InChI is InChI=1S/C48H59N7O7S/c1-5-22-50(3)63(58,59)54-26-24-53(25-27-54)37-18-20-38(21-19-37)62-34-43-45(35(2)49-51(43)4)42-15-9-14-40-41(16-10-31-61-44-17-8-12-36-11-6-7-13-39(36)44)47(48(56)57)55(46(40)42)28-23-52-29-32-60-33-30-52/h6-9,11-15,17-21H,5,10,16,22-34H2,1-4H3,(H,56,57). The van der Waals surface area contributed by atoms with Crippen molar-refractivity contribution < 1.29 is 32.5 Å². The number of piperazine rings is 1. The summed E-state index contributed by atoms with van der Waals surface area (Å²) < 4.78 is 51.3. The van der Waals surface area contributed by atoms with Crippen molar-refractivity contribution in [1.29, 1.82) is 0 Å². The molecule has 0 aliphatic carbocycles. The van der Waals surface area contributed by atoms with E-state index in [4.69, 9.17) is 19.3 Å². The van der Waals surface area contributed by atoms with Crippen molar-refractivity contribution in [3.05, 3.63) is 108 Å². The van der Waals surface area contributed by atoms with Gasteiger partial charge in [-0.3, -0.25) is 9.58 Å². The molecule has 2 aromatic heterocycles. The van der Waals surface area contributed by atoms with E-state index in [1.54, 1.807) is 11.4 Å². The van der Waals surface area contributed by atoms with Crippen molar-refractivity contribution in [2.45, 2.75) is 46.3 Å². The smallest absolute Gasteiger partial charge is 0.352 e. The maximum absolute atomic E-state index is 13.4. The van der Waals surface area contributed by atoms with E-state index >= 15 is 0 Å². The summed E-state index contributed by atoms with van der Waals surface area (Å²) in [5, 5.41) is 18.9. The molecule has 14 nitrogen and oxygen atoms in total. The quantitative estimate of drug-likeness (QED) is 0.0916. The summed E-state index contributed by atoms with van der Waals surface area (Å²) in [7, 11) is 0.0914. The van der Waals surface area contributed by atoms with Crippen LogP contribution in [0.3, 0.4) is 0 Å². The number of carboxylic acids is 1. The molecule has 0 atom stereocenters. The van der Waals surface area contributed by atoms with E-state index in [2.05, 4.69) is 34.1 Å². The van der Waals surface area contributed by atoms with Crippen LogP contribution in [0.1, 0.15) is 47.2 Å². The molecule has 0 unspecified atom stereocenters. The molecular weight excluding hydrogens is 819 g/mol. The largest absolute Gasteiger partial charge is 0.493 e. The third kappa shape index (κ3) is 9.43. The number of rotatable bonds is 18. The lowest BCUT2D eigenvalue weighted by atomic mass is 9.98. The summed E-state index contributed by atoms with van der Waals surface area (Å²) in [6.45, 7) is 11.3. The lowest BCUT2D eigenvalue weighted by molar-refractivity contribution is 0.0362. The number of anilines is 1. The Bertz CT molecular complexity index is 2640. The Hall–Kier alpha value is -5.45. The molecule has 2 aliphatic rings. The average molecular weight is 878 g/mol. The van der Waals surface area contributed by atoms with E-state index in [0.29, 0.717) is 89.9 Å². The Balaban J connectivity index is 1.04. The normalized spacial score (nSPS) is 15.5. The van der Waals surface area contributed by atoms with E-state index in [1.165, 1.54) is 4.31 Å². The fourth-order valence-corrected chi connectivity index (χ4v) is 10.6. The highest BCUT2D eigenvalue weighted by atomic mass is 32.2. The first-order chi connectivity index (χ1) is 30.5. The fraction of sp³-hybridized carbons (Fsp3) is 0.417. The molecule has 15 heteroatoms. The number of ether oxygens (including phenoxy) is 3. The predicted octanol–water partition coefficient (Wildman–Crippen LogP) is 6.83. The number of fused-ring (bicyclic) bond motifs is 2. The van der Waals surface area contributed by atoms with Gasteiger partial charge in [-0.25, -0.2) is 4.79 Å². The van der Waals surface area contributed by atoms with Crippen LogP contribution in [0.5, 0.6) is 11.5 Å². The monoisotopic (exact) mass is 877 g/mol. The highest BCUT2D eigenvalue weighted by molar-refractivity contribution is 7.86. The first-order valence-electron chi connectivity index (χ1n) is 22.0. The maximum atomic E-state index is 13.4. The molecule has 334 valence electrons. The number of aryl methyl sites for hydroxylation is 3. The van der Waals surface area contributed by atoms with Gasteiger partial charge < -0.3 is 28.8 Å². The Morgan fingerprint density at radius 1 is 0.873 bits per heavy atom. The first kappa shape index (κ1) is 44.2. The van der Waals surface area contributed by atoms with Crippen molar-refractivity contribution in [2.24, 2.45) is 7.05 Å². The van der Waals surface area contributed by atoms with Crippen LogP contribution in [-0.4, -0.2) is 127 Å². The van der Waals surface area contributed by atoms with Crippen LogP contribution in [0, 0.1) is 6.92 Å². The molecule has 0 amide bonds. The number of aromatic carboxylic acids is 1. The zero-order valence-corrected chi connectivity index (χ0v) is 37.6. The number of benzene rings is 4. The molecule has 0 bridgehead atoms. The number of aromatic nitrogens is 3. The minimum atomic E-state index is -3.47. The van der Waals surface area contributed by atoms with Gasteiger partial charge in [0.2, 0.25) is 0 Å². The van der Waals surface area contributed by atoms with Gasteiger partial charge >= 0.3 is 5.97 Å². The zero-order chi connectivity index (χ0) is 44.1. The molecule has 4 aromatic carbocycles. The zero-order valence-electron chi connectivity index (χ0n) is 36.8. The van der Waals surface area contributed by atoms with Gasteiger partial charge in [-0.15, -0.1) is 0 Å². The van der Waals surface area contributed by atoms with Crippen LogP contribution in [0.25, 0.3) is 32.8 Å². The number of para-hydroxylation sites is 1. The van der Waals surface area contributed by atoms with E-state index in [9.17, 15) is 18.3 Å². The van der Waals surface area contributed by atoms with Gasteiger partial charge in [-0.05, 0) is 67.5 Å². The summed E-state index contributed by atoms with van der Waals surface area (Å²) in [5.41, 5.74) is 6.52. The fourth-order valence-electron chi connectivity index (χ4n) is 9.15. The summed E-state index contributed by atoms with van der Waals surface area (Å²) in [6, 6.07) is 28.3. The SMILES string of the molecule is CCCN(C)S(=O)(=O)N1CCN(c2ccc(OCc3c(-c4cccc5c(CCCOc6cccc7ccccc67)c(C(=O)O)n(CCN6CCOCC6)c45)c(C)nn3C)cc2)CC1. The van der Waals surface area contributed by atoms with Crippen molar-refractivity contribution in [2.75, 3.05) is 84.1 Å². The molecular formula is C48H59N7O7S. The van der Waals surface area contributed by atoms with Crippen molar-refractivity contribution in [1.82, 2.24) is 27.9 Å². The number of carbonyl (C=O) groups is 1. The maximum Gasteiger partial charge on any atom is 0.352 e. The third-order valence-electron chi connectivity index (χ3n) is 12.4. The topological polar surface area (TPSA) is 135 Å². The number of nitrogens with zero attached hydrogens (tertiary/aromatic N) is 7. The minimum Gasteiger partial charge on any atom is -0.493 e. The second kappa shape index (κ2) is 19.5. The highest BCUT2D eigenvalue weighted by Gasteiger charge is 2.31. The van der Waals surface area contributed by atoms with Gasteiger partial charge in [0.15, 0.2) is 0 Å². The second-order valence-corrected chi connectivity index (χ2v) is 18.4. The van der Waals surface area contributed by atoms with Crippen molar-refractivity contribution in [3.8, 4) is 22.6 Å². The molecule has 2 saturated heterocycles. The summed E-state index contributed by atoms with van der Waals surface area (Å²) >= 11 is 0. The van der Waals surface area contributed by atoms with Gasteiger partial charge in [0.25, 0.3) is 10.2 Å². The average Bonchev–Trinajstić information content (AvgIpc) is 3.78. The van der Waals surface area contributed by atoms with Gasteiger partial charge in [-0.1, -0.05) is 61.5 Å². The van der Waals surface area contributed by atoms with Gasteiger partial charge in [0.1, 0.15) is 23.8 Å². The minimum absolute atomic E-state index is 0.239. The van der Waals surface area contributed by atoms with Gasteiger partial charge in [0.05, 0.1) is 36.7 Å². The molecule has 4 heterocycles. The Morgan fingerprint density at radius 2 is 1.59 bits per heavy atom. The summed E-state index contributed by atoms with van der Waals surface area (Å²) in [5.74, 6) is 0.559. The second-order valence-electron chi connectivity index (χ2n) is 16.4. The molecule has 0 spiro atoms. The van der Waals surface area contributed by atoms with E-state index in [0.717, 1.165) is 80.7 Å². The van der Waals surface area contributed by atoms with Gasteiger partial charge in [-0.2, -0.15) is 22.1 Å². The molecule has 1 N–H and O–H groups in total. The number of carboxylic acid groups (broad SMARTS) is 1. The molecule has 0 radical (unpaired) electrons. The molecule has 63 heavy (non-hydrogen) atoms. The van der Waals surface area contributed by atoms with Crippen molar-refractivity contribution in [3.63, 3.8) is 0 Å². The molecule has 2 fully saturated rings. The highest BCUT2D eigenvalue weighted by Crippen LogP contribution is 2.39. The van der Waals surface area contributed by atoms with E-state index < -0.39 is 16.2 Å². The van der Waals surface area contributed by atoms with E-state index in [-0.39, 0.29) is 6.61 Å².